The molecule has 2 aliphatic rings. The summed E-state index contributed by atoms with van der Waals surface area (Å²) in [5, 5.41) is 3.16. The van der Waals surface area contributed by atoms with E-state index in [0.717, 1.165) is 12.8 Å². The van der Waals surface area contributed by atoms with E-state index in [9.17, 15) is 8.78 Å². The van der Waals surface area contributed by atoms with E-state index >= 15 is 0 Å². The highest BCUT2D eigenvalue weighted by atomic mass is 19.3. The SMILES string of the molecule is FC1(F)CCNC(C2CC2)C1. The summed E-state index contributed by atoms with van der Waals surface area (Å²) in [7, 11) is 0. The van der Waals surface area contributed by atoms with E-state index in [4.69, 9.17) is 0 Å². The molecule has 0 aromatic heterocycles. The molecule has 0 aromatic carbocycles. The number of piperidine rings is 1. The second-order valence-corrected chi connectivity index (χ2v) is 3.71. The van der Waals surface area contributed by atoms with Crippen LogP contribution in [0, 0.1) is 5.92 Å². The van der Waals surface area contributed by atoms with Crippen LogP contribution in [0.15, 0.2) is 0 Å². The molecule has 1 unspecified atom stereocenters. The Balaban J connectivity index is 1.92. The van der Waals surface area contributed by atoms with Gasteiger partial charge in [-0.2, -0.15) is 0 Å². The van der Waals surface area contributed by atoms with E-state index in [1.807, 2.05) is 0 Å². The van der Waals surface area contributed by atoms with Gasteiger partial charge in [-0.25, -0.2) is 8.78 Å². The molecular weight excluding hydrogens is 148 g/mol. The van der Waals surface area contributed by atoms with Crippen molar-refractivity contribution in [2.24, 2.45) is 5.92 Å². The highest BCUT2D eigenvalue weighted by Crippen LogP contribution is 2.39. The van der Waals surface area contributed by atoms with Crippen LogP contribution in [-0.2, 0) is 0 Å². The second kappa shape index (κ2) is 2.41. The highest BCUT2D eigenvalue weighted by Gasteiger charge is 2.42. The normalized spacial score (nSPS) is 37.1. The zero-order chi connectivity index (χ0) is 7.90. The molecule has 0 aromatic rings. The number of nitrogens with one attached hydrogen (secondary N) is 1. The number of rotatable bonds is 1. The van der Waals surface area contributed by atoms with Crippen LogP contribution in [0.4, 0.5) is 8.78 Å². The minimum atomic E-state index is -2.39. The first-order chi connectivity index (χ1) is 5.17. The van der Waals surface area contributed by atoms with Gasteiger partial charge in [0.15, 0.2) is 0 Å². The Morgan fingerprint density at radius 2 is 2.00 bits per heavy atom. The van der Waals surface area contributed by atoms with E-state index in [2.05, 4.69) is 5.32 Å². The van der Waals surface area contributed by atoms with Crippen molar-refractivity contribution in [2.45, 2.75) is 37.6 Å². The lowest BCUT2D eigenvalue weighted by Crippen LogP contribution is -2.44. The fraction of sp³-hybridized carbons (Fsp3) is 1.00. The average molecular weight is 161 g/mol. The molecule has 0 radical (unpaired) electrons. The minimum absolute atomic E-state index is 0.0240. The smallest absolute Gasteiger partial charge is 0.250 e. The first-order valence-corrected chi connectivity index (χ1v) is 4.29. The average Bonchev–Trinajstić information content (AvgIpc) is 2.65. The number of alkyl halides is 2. The third kappa shape index (κ3) is 1.70. The summed E-state index contributed by atoms with van der Waals surface area (Å²) in [6.07, 6.45) is 2.38. The third-order valence-corrected chi connectivity index (χ3v) is 2.61. The van der Waals surface area contributed by atoms with Gasteiger partial charge in [0.25, 0.3) is 5.92 Å². The molecule has 1 aliphatic heterocycles. The number of hydrogen-bond acceptors (Lipinski definition) is 1. The maximum atomic E-state index is 12.8. The van der Waals surface area contributed by atoms with E-state index in [1.165, 1.54) is 0 Å². The summed E-state index contributed by atoms with van der Waals surface area (Å²) in [6.45, 7) is 0.494. The fourth-order valence-corrected chi connectivity index (χ4v) is 1.77. The van der Waals surface area contributed by atoms with Gasteiger partial charge in [-0.05, 0) is 18.8 Å². The van der Waals surface area contributed by atoms with Gasteiger partial charge in [0.1, 0.15) is 0 Å². The summed E-state index contributed by atoms with van der Waals surface area (Å²) in [4.78, 5) is 0. The highest BCUT2D eigenvalue weighted by molar-refractivity contribution is 4.93. The lowest BCUT2D eigenvalue weighted by Gasteiger charge is -2.30. The van der Waals surface area contributed by atoms with Crippen LogP contribution in [0.2, 0.25) is 0 Å². The fourth-order valence-electron chi connectivity index (χ4n) is 1.77. The molecule has 2 fully saturated rings. The summed E-state index contributed by atoms with van der Waals surface area (Å²) < 4.78 is 25.6. The molecule has 1 aliphatic carbocycles. The van der Waals surface area contributed by atoms with Gasteiger partial charge in [0.05, 0.1) is 0 Å². The Hall–Kier alpha value is -0.180. The van der Waals surface area contributed by atoms with Crippen LogP contribution < -0.4 is 5.32 Å². The molecule has 1 saturated heterocycles. The Morgan fingerprint density at radius 3 is 2.55 bits per heavy atom. The van der Waals surface area contributed by atoms with Crippen molar-refractivity contribution in [3.63, 3.8) is 0 Å². The van der Waals surface area contributed by atoms with Gasteiger partial charge in [-0.1, -0.05) is 0 Å². The predicted octanol–water partition coefficient (Wildman–Crippen LogP) is 1.78. The Bertz CT molecular complexity index is 154. The number of hydrogen-bond donors (Lipinski definition) is 1. The van der Waals surface area contributed by atoms with Gasteiger partial charge in [-0.15, -0.1) is 0 Å². The molecule has 0 amide bonds. The lowest BCUT2D eigenvalue weighted by molar-refractivity contribution is -0.0436. The first kappa shape index (κ1) is 7.47. The topological polar surface area (TPSA) is 12.0 Å². The Kier molecular flexibility index (Phi) is 1.63. The van der Waals surface area contributed by atoms with Gasteiger partial charge in [0, 0.05) is 25.4 Å². The molecule has 1 atom stereocenters. The molecule has 64 valence electrons. The Labute approximate surface area is 65.2 Å². The van der Waals surface area contributed by atoms with Crippen molar-refractivity contribution in [3.05, 3.63) is 0 Å². The molecule has 11 heavy (non-hydrogen) atoms. The maximum absolute atomic E-state index is 12.8. The van der Waals surface area contributed by atoms with Crippen molar-refractivity contribution in [1.29, 1.82) is 0 Å². The molecule has 1 N–H and O–H groups in total. The van der Waals surface area contributed by atoms with E-state index in [1.54, 1.807) is 0 Å². The lowest BCUT2D eigenvalue weighted by atomic mass is 9.97. The zero-order valence-corrected chi connectivity index (χ0v) is 6.45. The largest absolute Gasteiger partial charge is 0.313 e. The van der Waals surface area contributed by atoms with Gasteiger partial charge in [0.2, 0.25) is 0 Å². The van der Waals surface area contributed by atoms with Gasteiger partial charge >= 0.3 is 0 Å². The molecule has 0 spiro atoms. The third-order valence-electron chi connectivity index (χ3n) is 2.61. The molecule has 1 saturated carbocycles. The zero-order valence-electron chi connectivity index (χ0n) is 6.45. The predicted molar refractivity (Wildman–Crippen MR) is 38.7 cm³/mol. The molecule has 1 heterocycles. The standard InChI is InChI=1S/C8H13F2N/c9-8(10)3-4-11-7(5-8)6-1-2-6/h6-7,11H,1-5H2. The summed E-state index contributed by atoms with van der Waals surface area (Å²) in [5.41, 5.74) is 0. The molecule has 3 heteroatoms. The van der Waals surface area contributed by atoms with Crippen LogP contribution in [0.25, 0.3) is 0 Å². The minimum Gasteiger partial charge on any atom is -0.313 e. The molecule has 2 rings (SSSR count). The quantitative estimate of drug-likeness (QED) is 0.618. The second-order valence-electron chi connectivity index (χ2n) is 3.71. The monoisotopic (exact) mass is 161 g/mol. The van der Waals surface area contributed by atoms with Crippen LogP contribution in [0.3, 0.4) is 0 Å². The maximum Gasteiger partial charge on any atom is 0.250 e. The molecule has 0 bridgehead atoms. The van der Waals surface area contributed by atoms with E-state index in [-0.39, 0.29) is 18.9 Å². The van der Waals surface area contributed by atoms with Crippen molar-refractivity contribution in [3.8, 4) is 0 Å². The van der Waals surface area contributed by atoms with Crippen LogP contribution in [0.1, 0.15) is 25.7 Å². The van der Waals surface area contributed by atoms with E-state index < -0.39 is 5.92 Å². The molecule has 1 nitrogen and oxygen atoms in total. The van der Waals surface area contributed by atoms with E-state index in [0.29, 0.717) is 12.5 Å². The summed E-state index contributed by atoms with van der Waals surface area (Å²) in [6, 6.07) is 0.110. The van der Waals surface area contributed by atoms with Gasteiger partial charge in [-0.3, -0.25) is 0 Å². The number of halogens is 2. The van der Waals surface area contributed by atoms with Crippen LogP contribution >= 0.6 is 0 Å². The van der Waals surface area contributed by atoms with Crippen LogP contribution in [-0.4, -0.2) is 18.5 Å². The van der Waals surface area contributed by atoms with Crippen molar-refractivity contribution in [2.75, 3.05) is 6.54 Å². The van der Waals surface area contributed by atoms with Crippen LogP contribution in [0.5, 0.6) is 0 Å². The van der Waals surface area contributed by atoms with Crippen molar-refractivity contribution in [1.82, 2.24) is 5.32 Å². The first-order valence-electron chi connectivity index (χ1n) is 4.29. The summed E-state index contributed by atoms with van der Waals surface area (Å²) in [5.74, 6) is -1.83. The van der Waals surface area contributed by atoms with Gasteiger partial charge < -0.3 is 5.32 Å². The summed E-state index contributed by atoms with van der Waals surface area (Å²) >= 11 is 0. The molecular formula is C8H13F2N. The van der Waals surface area contributed by atoms with Crippen molar-refractivity contribution >= 4 is 0 Å². The van der Waals surface area contributed by atoms with Crippen molar-refractivity contribution < 1.29 is 8.78 Å². The Morgan fingerprint density at radius 1 is 1.27 bits per heavy atom.